The van der Waals surface area contributed by atoms with Crippen LogP contribution < -0.4 is 14.2 Å². The second-order valence-electron chi connectivity index (χ2n) is 4.72. The van der Waals surface area contributed by atoms with Gasteiger partial charge >= 0.3 is 0 Å². The summed E-state index contributed by atoms with van der Waals surface area (Å²) < 4.78 is 21.2. The van der Waals surface area contributed by atoms with Crippen LogP contribution in [0.5, 0.6) is 17.2 Å². The molecule has 0 atom stereocenters. The first kappa shape index (κ1) is 16.2. The average Bonchev–Trinajstić information content (AvgIpc) is 2.59. The van der Waals surface area contributed by atoms with Gasteiger partial charge in [0, 0.05) is 6.42 Å². The predicted octanol–water partition coefficient (Wildman–Crippen LogP) is 3.63. The van der Waals surface area contributed by atoms with Crippen LogP contribution in [0, 0.1) is 6.61 Å². The van der Waals surface area contributed by atoms with E-state index >= 15 is 0 Å². The smallest absolute Gasteiger partial charge is 0.160 e. The summed E-state index contributed by atoms with van der Waals surface area (Å²) in [5.74, 6) is 2.30. The van der Waals surface area contributed by atoms with E-state index in [1.165, 1.54) is 0 Å². The largest absolute Gasteiger partial charge is 0.497 e. The Hall–Kier alpha value is -2.20. The number of rotatable bonds is 8. The molecule has 0 spiro atoms. The standard InChI is InChI=1S/C18H21O4/c1-19-16-7-4-15(5-8-16)13-22-11-10-14-6-9-17(20-2)18(12-14)21-3/h4-9,11-12H,10,13H2,1-3H3. The van der Waals surface area contributed by atoms with Crippen molar-refractivity contribution in [3.8, 4) is 17.2 Å². The van der Waals surface area contributed by atoms with Crippen LogP contribution in [-0.2, 0) is 17.8 Å². The Morgan fingerprint density at radius 3 is 2.09 bits per heavy atom. The summed E-state index contributed by atoms with van der Waals surface area (Å²) in [7, 11) is 4.91. The zero-order valence-electron chi connectivity index (χ0n) is 13.2. The normalized spacial score (nSPS) is 10.3. The molecule has 0 aliphatic heterocycles. The average molecular weight is 301 g/mol. The van der Waals surface area contributed by atoms with E-state index in [0.717, 1.165) is 28.4 Å². The topological polar surface area (TPSA) is 36.9 Å². The Morgan fingerprint density at radius 2 is 1.45 bits per heavy atom. The number of methoxy groups -OCH3 is 3. The fourth-order valence-corrected chi connectivity index (χ4v) is 2.04. The molecule has 0 amide bonds. The number of hydrogen-bond donors (Lipinski definition) is 0. The monoisotopic (exact) mass is 301 g/mol. The SMILES string of the molecule is COc1ccc(CO[CH]Cc2ccc(OC)c(OC)c2)cc1. The summed E-state index contributed by atoms with van der Waals surface area (Å²) in [6, 6.07) is 13.7. The molecule has 0 unspecified atom stereocenters. The van der Waals surface area contributed by atoms with E-state index in [1.807, 2.05) is 42.5 Å². The molecule has 0 N–H and O–H groups in total. The van der Waals surface area contributed by atoms with Crippen molar-refractivity contribution in [2.75, 3.05) is 21.3 Å². The lowest BCUT2D eigenvalue weighted by atomic mass is 10.1. The Morgan fingerprint density at radius 1 is 0.773 bits per heavy atom. The van der Waals surface area contributed by atoms with Gasteiger partial charge in [0.1, 0.15) is 5.75 Å². The van der Waals surface area contributed by atoms with Crippen LogP contribution >= 0.6 is 0 Å². The van der Waals surface area contributed by atoms with Crippen molar-refractivity contribution in [2.24, 2.45) is 0 Å². The van der Waals surface area contributed by atoms with Crippen LogP contribution in [-0.4, -0.2) is 21.3 Å². The van der Waals surface area contributed by atoms with Gasteiger partial charge in [-0.1, -0.05) is 18.2 Å². The van der Waals surface area contributed by atoms with E-state index in [9.17, 15) is 0 Å². The van der Waals surface area contributed by atoms with Gasteiger partial charge in [0.05, 0.1) is 34.5 Å². The highest BCUT2D eigenvalue weighted by atomic mass is 16.5. The van der Waals surface area contributed by atoms with Gasteiger partial charge in [0.15, 0.2) is 11.5 Å². The molecule has 4 heteroatoms. The van der Waals surface area contributed by atoms with Crippen molar-refractivity contribution in [1.82, 2.24) is 0 Å². The zero-order chi connectivity index (χ0) is 15.8. The summed E-state index contributed by atoms with van der Waals surface area (Å²) in [6.07, 6.45) is 0.705. The fourth-order valence-electron chi connectivity index (χ4n) is 2.04. The Kier molecular flexibility index (Phi) is 6.10. The summed E-state index contributed by atoms with van der Waals surface area (Å²) in [4.78, 5) is 0. The van der Waals surface area contributed by atoms with Crippen LogP contribution in [0.25, 0.3) is 0 Å². The molecule has 2 aromatic rings. The van der Waals surface area contributed by atoms with Crippen molar-refractivity contribution < 1.29 is 18.9 Å². The molecule has 0 bridgehead atoms. The number of benzene rings is 2. The Labute approximate surface area is 131 Å². The van der Waals surface area contributed by atoms with Gasteiger partial charge in [-0.25, -0.2) is 0 Å². The van der Waals surface area contributed by atoms with E-state index in [4.69, 9.17) is 18.9 Å². The van der Waals surface area contributed by atoms with Gasteiger partial charge in [-0.3, -0.25) is 0 Å². The molecule has 4 nitrogen and oxygen atoms in total. The van der Waals surface area contributed by atoms with E-state index in [2.05, 4.69) is 0 Å². The first-order valence-corrected chi connectivity index (χ1v) is 7.04. The third-order valence-electron chi connectivity index (χ3n) is 3.29. The van der Waals surface area contributed by atoms with E-state index in [0.29, 0.717) is 13.0 Å². The van der Waals surface area contributed by atoms with Crippen molar-refractivity contribution in [1.29, 1.82) is 0 Å². The highest BCUT2D eigenvalue weighted by Crippen LogP contribution is 2.27. The molecule has 117 valence electrons. The van der Waals surface area contributed by atoms with Crippen LogP contribution in [0.15, 0.2) is 42.5 Å². The van der Waals surface area contributed by atoms with Gasteiger partial charge in [-0.15, -0.1) is 0 Å². The lowest BCUT2D eigenvalue weighted by Gasteiger charge is -2.09. The van der Waals surface area contributed by atoms with Crippen molar-refractivity contribution in [3.63, 3.8) is 0 Å². The summed E-state index contributed by atoms with van der Waals surface area (Å²) >= 11 is 0. The van der Waals surface area contributed by atoms with Crippen LogP contribution in [0.3, 0.4) is 0 Å². The maximum atomic E-state index is 5.59. The molecule has 2 rings (SSSR count). The minimum Gasteiger partial charge on any atom is -0.497 e. The van der Waals surface area contributed by atoms with Crippen molar-refractivity contribution >= 4 is 0 Å². The third-order valence-corrected chi connectivity index (χ3v) is 3.29. The highest BCUT2D eigenvalue weighted by Gasteiger charge is 2.04. The molecule has 0 heterocycles. The van der Waals surface area contributed by atoms with Gasteiger partial charge in [0.25, 0.3) is 0 Å². The van der Waals surface area contributed by atoms with Crippen molar-refractivity contribution in [3.05, 3.63) is 60.2 Å². The summed E-state index contributed by atoms with van der Waals surface area (Å²) in [5, 5.41) is 0. The van der Waals surface area contributed by atoms with E-state index in [1.54, 1.807) is 27.9 Å². The highest BCUT2D eigenvalue weighted by molar-refractivity contribution is 5.43. The van der Waals surface area contributed by atoms with Crippen LogP contribution in [0.2, 0.25) is 0 Å². The Balaban J connectivity index is 1.80. The fraction of sp³-hybridized carbons (Fsp3) is 0.278. The minimum absolute atomic E-state index is 0.539. The second kappa shape index (κ2) is 8.29. The molecule has 0 saturated carbocycles. The number of hydrogen-bond acceptors (Lipinski definition) is 4. The van der Waals surface area contributed by atoms with E-state index < -0.39 is 0 Å². The number of ether oxygens (including phenoxy) is 4. The third kappa shape index (κ3) is 4.40. The maximum Gasteiger partial charge on any atom is 0.160 e. The zero-order valence-corrected chi connectivity index (χ0v) is 13.2. The second-order valence-corrected chi connectivity index (χ2v) is 4.72. The first-order valence-electron chi connectivity index (χ1n) is 7.04. The molecular formula is C18H21O4. The van der Waals surface area contributed by atoms with Gasteiger partial charge < -0.3 is 18.9 Å². The summed E-state index contributed by atoms with van der Waals surface area (Å²) in [6.45, 7) is 2.34. The lowest BCUT2D eigenvalue weighted by molar-refractivity contribution is 0.182. The molecule has 2 aromatic carbocycles. The Bertz CT molecular complexity index is 578. The molecule has 0 aromatic heterocycles. The lowest BCUT2D eigenvalue weighted by Crippen LogP contribution is -1.96. The van der Waals surface area contributed by atoms with Crippen LogP contribution in [0.1, 0.15) is 11.1 Å². The summed E-state index contributed by atoms with van der Waals surface area (Å²) in [5.41, 5.74) is 2.21. The van der Waals surface area contributed by atoms with Gasteiger partial charge in [-0.05, 0) is 35.4 Å². The molecule has 0 saturated heterocycles. The molecule has 0 fully saturated rings. The maximum absolute atomic E-state index is 5.59. The quantitative estimate of drug-likeness (QED) is 0.698. The van der Waals surface area contributed by atoms with Gasteiger partial charge in [0.2, 0.25) is 0 Å². The molecular weight excluding hydrogens is 280 g/mol. The molecule has 0 aliphatic rings. The molecule has 0 aliphatic carbocycles. The molecule has 22 heavy (non-hydrogen) atoms. The minimum atomic E-state index is 0.539. The first-order chi connectivity index (χ1) is 10.8. The van der Waals surface area contributed by atoms with Crippen molar-refractivity contribution in [2.45, 2.75) is 13.0 Å². The molecule has 1 radical (unpaired) electrons. The van der Waals surface area contributed by atoms with Crippen LogP contribution in [0.4, 0.5) is 0 Å². The van der Waals surface area contributed by atoms with E-state index in [-0.39, 0.29) is 0 Å². The predicted molar refractivity (Wildman–Crippen MR) is 85.3 cm³/mol. The van der Waals surface area contributed by atoms with Gasteiger partial charge in [-0.2, -0.15) is 0 Å².